The van der Waals surface area contributed by atoms with Gasteiger partial charge in [0.25, 0.3) is 0 Å². The van der Waals surface area contributed by atoms with Gasteiger partial charge in [0.1, 0.15) is 17.4 Å². The first kappa shape index (κ1) is 12.8. The summed E-state index contributed by atoms with van der Waals surface area (Å²) in [6.45, 7) is 1.94. The van der Waals surface area contributed by atoms with Gasteiger partial charge in [-0.05, 0) is 19.1 Å². The first-order valence-electron chi connectivity index (χ1n) is 5.01. The molecule has 17 heavy (non-hydrogen) atoms. The molecule has 0 aliphatic heterocycles. The van der Waals surface area contributed by atoms with Gasteiger partial charge in [-0.1, -0.05) is 0 Å². The van der Waals surface area contributed by atoms with Crippen LogP contribution in [0.2, 0.25) is 0 Å². The van der Waals surface area contributed by atoms with Gasteiger partial charge in [0.05, 0.1) is 26.4 Å². The van der Waals surface area contributed by atoms with Crippen molar-refractivity contribution in [2.45, 2.75) is 6.92 Å². The molecule has 0 fully saturated rings. The topological polar surface area (TPSA) is 68.5 Å². The third-order valence-electron chi connectivity index (χ3n) is 2.14. The Morgan fingerprint density at radius 3 is 2.53 bits per heavy atom. The Labute approximate surface area is 99.5 Å². The number of hydrogen-bond donors (Lipinski definition) is 0. The van der Waals surface area contributed by atoms with Gasteiger partial charge in [-0.3, -0.25) is 0 Å². The number of rotatable bonds is 4. The lowest BCUT2D eigenvalue weighted by Gasteiger charge is -2.12. The molecule has 0 atom stereocenters. The van der Waals surface area contributed by atoms with Crippen LogP contribution in [-0.4, -0.2) is 26.8 Å². The van der Waals surface area contributed by atoms with Crippen molar-refractivity contribution in [1.82, 2.24) is 0 Å². The van der Waals surface area contributed by atoms with Gasteiger partial charge >= 0.3 is 5.97 Å². The van der Waals surface area contributed by atoms with Crippen molar-refractivity contribution in [3.8, 4) is 17.6 Å². The minimum absolute atomic E-state index is 0.135. The highest BCUT2D eigenvalue weighted by Gasteiger charge is 2.22. The molecule has 0 amide bonds. The fourth-order valence-corrected chi connectivity index (χ4v) is 1.43. The highest BCUT2D eigenvalue weighted by atomic mass is 16.5. The van der Waals surface area contributed by atoms with Crippen molar-refractivity contribution in [3.63, 3.8) is 0 Å². The summed E-state index contributed by atoms with van der Waals surface area (Å²) in [5, 5.41) is 8.93. The Kier molecular flexibility index (Phi) is 4.35. The van der Waals surface area contributed by atoms with E-state index < -0.39 is 5.97 Å². The van der Waals surface area contributed by atoms with Crippen LogP contribution >= 0.6 is 0 Å². The normalized spacial score (nSPS) is 9.29. The molecule has 5 heteroatoms. The number of hydrogen-bond acceptors (Lipinski definition) is 5. The molecule has 0 saturated heterocycles. The number of carbonyl (C=O) groups is 1. The number of nitriles is 1. The molecule has 0 aromatic heterocycles. The molecule has 90 valence electrons. The molecular weight excluding hydrogens is 222 g/mol. The molecule has 0 bridgehead atoms. The highest BCUT2D eigenvalue weighted by Crippen LogP contribution is 2.32. The predicted octanol–water partition coefficient (Wildman–Crippen LogP) is 1.75. The van der Waals surface area contributed by atoms with Crippen molar-refractivity contribution in [1.29, 1.82) is 5.26 Å². The summed E-state index contributed by atoms with van der Waals surface area (Å²) < 4.78 is 15.0. The van der Waals surface area contributed by atoms with E-state index in [0.29, 0.717) is 5.75 Å². The maximum atomic E-state index is 11.8. The van der Waals surface area contributed by atoms with Crippen molar-refractivity contribution >= 4 is 5.97 Å². The van der Waals surface area contributed by atoms with Crippen LogP contribution in [0.3, 0.4) is 0 Å². The van der Waals surface area contributed by atoms with Crippen molar-refractivity contribution in [2.24, 2.45) is 0 Å². The lowest BCUT2D eigenvalue weighted by atomic mass is 10.1. The summed E-state index contributed by atoms with van der Waals surface area (Å²) >= 11 is 0. The molecule has 1 aromatic carbocycles. The molecule has 1 aromatic rings. The van der Waals surface area contributed by atoms with Gasteiger partial charge in [-0.25, -0.2) is 4.79 Å². The van der Waals surface area contributed by atoms with Crippen LogP contribution in [0.25, 0.3) is 0 Å². The lowest BCUT2D eigenvalue weighted by molar-refractivity contribution is 0.0519. The van der Waals surface area contributed by atoms with E-state index in [2.05, 4.69) is 0 Å². The Morgan fingerprint density at radius 2 is 2.06 bits per heavy atom. The molecule has 0 aliphatic rings. The quantitative estimate of drug-likeness (QED) is 0.743. The van der Waals surface area contributed by atoms with Crippen molar-refractivity contribution < 1.29 is 19.0 Å². The van der Waals surface area contributed by atoms with E-state index in [9.17, 15) is 4.79 Å². The van der Waals surface area contributed by atoms with E-state index in [-0.39, 0.29) is 23.5 Å². The van der Waals surface area contributed by atoms with Gasteiger partial charge in [0.15, 0.2) is 5.75 Å². The van der Waals surface area contributed by atoms with Crippen LogP contribution in [0.5, 0.6) is 11.5 Å². The first-order chi connectivity index (χ1) is 8.19. The second-order valence-electron chi connectivity index (χ2n) is 3.06. The summed E-state index contributed by atoms with van der Waals surface area (Å²) in [6.07, 6.45) is 0. The zero-order valence-electron chi connectivity index (χ0n) is 9.94. The van der Waals surface area contributed by atoms with E-state index in [0.717, 1.165) is 0 Å². The molecule has 0 saturated carbocycles. The van der Waals surface area contributed by atoms with Crippen molar-refractivity contribution in [3.05, 3.63) is 23.3 Å². The Balaban J connectivity index is 3.41. The molecule has 0 unspecified atom stereocenters. The van der Waals surface area contributed by atoms with Crippen LogP contribution in [0.15, 0.2) is 12.1 Å². The second kappa shape index (κ2) is 5.75. The maximum Gasteiger partial charge on any atom is 0.345 e. The van der Waals surface area contributed by atoms with Crippen LogP contribution in [0, 0.1) is 11.3 Å². The number of nitrogens with zero attached hydrogens (tertiary/aromatic N) is 1. The molecule has 0 spiro atoms. The third kappa shape index (κ3) is 2.48. The molecule has 1 rings (SSSR count). The Hall–Kier alpha value is -2.22. The standard InChI is InChI=1S/C12H13NO4/c1-4-17-12(14)10-9(15-2)6-5-8(7-13)11(10)16-3/h5-6H,4H2,1-3H3. The van der Waals surface area contributed by atoms with E-state index >= 15 is 0 Å². The van der Waals surface area contributed by atoms with Crippen LogP contribution in [-0.2, 0) is 4.74 Å². The largest absolute Gasteiger partial charge is 0.496 e. The van der Waals surface area contributed by atoms with Gasteiger partial charge < -0.3 is 14.2 Å². The van der Waals surface area contributed by atoms with Crippen LogP contribution < -0.4 is 9.47 Å². The van der Waals surface area contributed by atoms with E-state index in [1.807, 2.05) is 6.07 Å². The fraction of sp³-hybridized carbons (Fsp3) is 0.333. The molecule has 0 heterocycles. The summed E-state index contributed by atoms with van der Waals surface area (Å²) in [5.74, 6) is -0.0806. The number of ether oxygens (including phenoxy) is 3. The van der Waals surface area contributed by atoms with E-state index in [4.69, 9.17) is 19.5 Å². The fourth-order valence-electron chi connectivity index (χ4n) is 1.43. The molecule has 0 N–H and O–H groups in total. The second-order valence-corrected chi connectivity index (χ2v) is 3.06. The number of esters is 1. The SMILES string of the molecule is CCOC(=O)c1c(OC)ccc(C#N)c1OC. The van der Waals surface area contributed by atoms with Gasteiger partial charge in [-0.2, -0.15) is 5.26 Å². The summed E-state index contributed by atoms with van der Waals surface area (Å²) in [7, 11) is 2.82. The van der Waals surface area contributed by atoms with E-state index in [1.165, 1.54) is 26.4 Å². The summed E-state index contributed by atoms with van der Waals surface area (Å²) in [6, 6.07) is 5.01. The lowest BCUT2D eigenvalue weighted by Crippen LogP contribution is -2.09. The monoisotopic (exact) mass is 235 g/mol. The smallest absolute Gasteiger partial charge is 0.345 e. The van der Waals surface area contributed by atoms with Crippen molar-refractivity contribution in [2.75, 3.05) is 20.8 Å². The average molecular weight is 235 g/mol. The maximum absolute atomic E-state index is 11.8. The van der Waals surface area contributed by atoms with Gasteiger partial charge in [-0.15, -0.1) is 0 Å². The average Bonchev–Trinajstić information content (AvgIpc) is 2.36. The molecule has 0 radical (unpaired) electrons. The van der Waals surface area contributed by atoms with Crippen LogP contribution in [0.4, 0.5) is 0 Å². The molecule has 0 aliphatic carbocycles. The number of methoxy groups -OCH3 is 2. The zero-order chi connectivity index (χ0) is 12.8. The highest BCUT2D eigenvalue weighted by molar-refractivity contribution is 5.96. The minimum Gasteiger partial charge on any atom is -0.496 e. The van der Waals surface area contributed by atoms with Gasteiger partial charge in [0, 0.05) is 0 Å². The van der Waals surface area contributed by atoms with Gasteiger partial charge in [0.2, 0.25) is 0 Å². The Morgan fingerprint density at radius 1 is 1.35 bits per heavy atom. The third-order valence-corrected chi connectivity index (χ3v) is 2.14. The summed E-state index contributed by atoms with van der Waals surface area (Å²) in [5.41, 5.74) is 0.396. The molecular formula is C12H13NO4. The predicted molar refractivity (Wildman–Crippen MR) is 60.2 cm³/mol. The number of carbonyl (C=O) groups excluding carboxylic acids is 1. The number of benzene rings is 1. The Bertz CT molecular complexity index is 462. The zero-order valence-corrected chi connectivity index (χ0v) is 9.94. The minimum atomic E-state index is -0.571. The first-order valence-corrected chi connectivity index (χ1v) is 5.01. The van der Waals surface area contributed by atoms with Crippen LogP contribution in [0.1, 0.15) is 22.8 Å². The summed E-state index contributed by atoms with van der Waals surface area (Å²) in [4.78, 5) is 11.8. The van der Waals surface area contributed by atoms with E-state index in [1.54, 1.807) is 6.92 Å². The molecule has 5 nitrogen and oxygen atoms in total.